The Morgan fingerprint density at radius 3 is 2.31 bits per heavy atom. The maximum absolute atomic E-state index is 12.4. The highest BCUT2D eigenvalue weighted by atomic mass is 16.5. The van der Waals surface area contributed by atoms with Crippen molar-refractivity contribution in [2.45, 2.75) is 18.4 Å². The van der Waals surface area contributed by atoms with Gasteiger partial charge in [0.15, 0.2) is 0 Å². The lowest BCUT2D eigenvalue weighted by Crippen LogP contribution is -2.32. The minimum absolute atomic E-state index is 0.0547. The van der Waals surface area contributed by atoms with Gasteiger partial charge in [-0.3, -0.25) is 4.79 Å². The number of aromatic nitrogens is 2. The van der Waals surface area contributed by atoms with E-state index in [9.17, 15) is 9.59 Å². The van der Waals surface area contributed by atoms with Gasteiger partial charge in [0.2, 0.25) is 0 Å². The Kier molecular flexibility index (Phi) is 5.03. The number of ether oxygens (including phenoxy) is 1. The molecule has 3 aromatic rings. The van der Waals surface area contributed by atoms with E-state index >= 15 is 0 Å². The van der Waals surface area contributed by atoms with Crippen molar-refractivity contribution in [1.82, 2.24) is 14.9 Å². The van der Waals surface area contributed by atoms with Crippen molar-refractivity contribution in [3.63, 3.8) is 0 Å². The van der Waals surface area contributed by atoms with Gasteiger partial charge < -0.3 is 19.7 Å². The lowest BCUT2D eigenvalue weighted by atomic mass is 9.98. The fourth-order valence-electron chi connectivity index (χ4n) is 3.80. The predicted molar refractivity (Wildman–Crippen MR) is 106 cm³/mol. The van der Waals surface area contributed by atoms with Crippen LogP contribution in [0.25, 0.3) is 11.1 Å². The minimum atomic E-state index is -1.03. The maximum atomic E-state index is 12.4. The molecule has 1 aliphatic carbocycles. The number of hydrogen-bond acceptors (Lipinski definition) is 4. The fourth-order valence-corrected chi connectivity index (χ4v) is 3.80. The van der Waals surface area contributed by atoms with Gasteiger partial charge in [0, 0.05) is 19.2 Å². The maximum Gasteiger partial charge on any atom is 0.407 e. The first kappa shape index (κ1) is 18.7. The summed E-state index contributed by atoms with van der Waals surface area (Å²) in [4.78, 5) is 27.8. The van der Waals surface area contributed by atoms with Crippen molar-refractivity contribution < 1.29 is 19.4 Å². The summed E-state index contributed by atoms with van der Waals surface area (Å²) in [5.41, 5.74) is 5.01. The molecule has 1 heterocycles. The van der Waals surface area contributed by atoms with Crippen LogP contribution in [0.1, 0.15) is 35.2 Å². The number of alkyl carbamates (subject to hydrolysis) is 1. The van der Waals surface area contributed by atoms with Crippen molar-refractivity contribution in [2.75, 3.05) is 6.61 Å². The van der Waals surface area contributed by atoms with E-state index in [0.29, 0.717) is 5.69 Å². The summed E-state index contributed by atoms with van der Waals surface area (Å²) in [5, 5.41) is 11.8. The number of imidazole rings is 1. The first-order valence-corrected chi connectivity index (χ1v) is 9.34. The average Bonchev–Trinajstić information content (AvgIpc) is 3.27. The lowest BCUT2D eigenvalue weighted by molar-refractivity contribution is -0.137. The molecule has 2 N–H and O–H groups in total. The molecule has 7 heteroatoms. The van der Waals surface area contributed by atoms with Gasteiger partial charge in [-0.25, -0.2) is 9.78 Å². The van der Waals surface area contributed by atoms with Gasteiger partial charge in [0.25, 0.3) is 0 Å². The van der Waals surface area contributed by atoms with Gasteiger partial charge in [-0.1, -0.05) is 48.5 Å². The molecule has 2 aromatic carbocycles. The first-order valence-electron chi connectivity index (χ1n) is 9.34. The van der Waals surface area contributed by atoms with Crippen LogP contribution in [-0.4, -0.2) is 33.3 Å². The van der Waals surface area contributed by atoms with Crippen molar-refractivity contribution in [3.05, 3.63) is 77.9 Å². The number of nitrogens with one attached hydrogen (secondary N) is 1. The van der Waals surface area contributed by atoms with Crippen LogP contribution in [0.3, 0.4) is 0 Å². The molecule has 1 aromatic heterocycles. The molecule has 0 aliphatic heterocycles. The summed E-state index contributed by atoms with van der Waals surface area (Å²) in [5.74, 6) is -1.08. The lowest BCUT2D eigenvalue weighted by Gasteiger charge is -2.17. The average molecular weight is 391 g/mol. The zero-order chi connectivity index (χ0) is 20.4. The summed E-state index contributed by atoms with van der Waals surface area (Å²) in [7, 11) is 1.78. The van der Waals surface area contributed by atoms with Gasteiger partial charge in [0.05, 0.1) is 24.5 Å². The van der Waals surface area contributed by atoms with E-state index in [1.165, 1.54) is 0 Å². The molecule has 1 unspecified atom stereocenters. The number of amides is 1. The van der Waals surface area contributed by atoms with E-state index in [1.807, 2.05) is 36.4 Å². The van der Waals surface area contributed by atoms with Gasteiger partial charge in [-0.05, 0) is 22.3 Å². The van der Waals surface area contributed by atoms with Crippen LogP contribution in [0.15, 0.2) is 61.1 Å². The van der Waals surface area contributed by atoms with E-state index in [-0.39, 0.29) is 18.9 Å². The summed E-state index contributed by atoms with van der Waals surface area (Å²) in [6.45, 7) is 0.169. The fraction of sp³-hybridized carbons (Fsp3) is 0.227. The Morgan fingerprint density at radius 1 is 1.14 bits per heavy atom. The molecule has 7 nitrogen and oxygen atoms in total. The zero-order valence-corrected chi connectivity index (χ0v) is 15.9. The van der Waals surface area contributed by atoms with Crippen molar-refractivity contribution >= 4 is 12.1 Å². The Morgan fingerprint density at radius 2 is 1.76 bits per heavy atom. The summed E-state index contributed by atoms with van der Waals surface area (Å²) in [6.07, 6.45) is 2.30. The molecule has 0 saturated heterocycles. The number of fused-ring (bicyclic) bond motifs is 3. The van der Waals surface area contributed by atoms with Gasteiger partial charge in [-0.15, -0.1) is 0 Å². The number of hydrogen-bond donors (Lipinski definition) is 2. The number of rotatable bonds is 6. The Hall–Kier alpha value is -3.61. The smallest absolute Gasteiger partial charge is 0.407 e. The van der Waals surface area contributed by atoms with Crippen LogP contribution in [0.5, 0.6) is 0 Å². The highest BCUT2D eigenvalue weighted by molar-refractivity contribution is 5.79. The van der Waals surface area contributed by atoms with E-state index < -0.39 is 18.1 Å². The molecule has 0 saturated carbocycles. The second kappa shape index (κ2) is 7.79. The van der Waals surface area contributed by atoms with Crippen molar-refractivity contribution in [2.24, 2.45) is 7.05 Å². The molecule has 1 amide bonds. The summed E-state index contributed by atoms with van der Waals surface area (Å²) >= 11 is 0. The normalized spacial score (nSPS) is 13.4. The molecule has 1 aliphatic rings. The number of aryl methyl sites for hydroxylation is 1. The minimum Gasteiger partial charge on any atom is -0.481 e. The van der Waals surface area contributed by atoms with Crippen LogP contribution in [-0.2, 0) is 16.6 Å². The Labute approximate surface area is 168 Å². The van der Waals surface area contributed by atoms with Crippen LogP contribution in [0.4, 0.5) is 4.79 Å². The molecule has 148 valence electrons. The molecule has 0 radical (unpaired) electrons. The monoisotopic (exact) mass is 391 g/mol. The van der Waals surface area contributed by atoms with Crippen molar-refractivity contribution in [3.8, 4) is 11.1 Å². The number of carbonyl (C=O) groups excluding carboxylic acids is 1. The molecule has 29 heavy (non-hydrogen) atoms. The van der Waals surface area contributed by atoms with Crippen LogP contribution >= 0.6 is 0 Å². The molecule has 1 atom stereocenters. The number of carbonyl (C=O) groups is 2. The number of aliphatic carboxylic acids is 1. The molecular formula is C22H21N3O4. The van der Waals surface area contributed by atoms with Gasteiger partial charge in [-0.2, -0.15) is 0 Å². The second-order valence-electron chi connectivity index (χ2n) is 7.08. The first-order chi connectivity index (χ1) is 14.0. The number of carboxylic acid groups (broad SMARTS) is 1. The molecule has 0 fully saturated rings. The Bertz CT molecular complexity index is 1010. The van der Waals surface area contributed by atoms with Gasteiger partial charge in [0.1, 0.15) is 6.61 Å². The van der Waals surface area contributed by atoms with Crippen LogP contribution in [0, 0.1) is 0 Å². The van der Waals surface area contributed by atoms with E-state index in [0.717, 1.165) is 22.3 Å². The number of benzene rings is 2. The van der Waals surface area contributed by atoms with E-state index in [2.05, 4.69) is 22.4 Å². The third kappa shape index (κ3) is 3.85. The molecule has 0 spiro atoms. The second-order valence-corrected chi connectivity index (χ2v) is 7.08. The van der Waals surface area contributed by atoms with E-state index in [4.69, 9.17) is 9.84 Å². The zero-order valence-electron chi connectivity index (χ0n) is 15.9. The SMILES string of the molecule is Cn1cnc(C(CC(=O)O)NC(=O)OCC2c3ccccc3-c3ccccc32)c1. The topological polar surface area (TPSA) is 93.5 Å². The summed E-state index contributed by atoms with van der Waals surface area (Å²) in [6, 6.07) is 15.4. The predicted octanol–water partition coefficient (Wildman–Crippen LogP) is 3.47. The highest BCUT2D eigenvalue weighted by Gasteiger charge is 2.29. The molecule has 0 bridgehead atoms. The highest BCUT2D eigenvalue weighted by Crippen LogP contribution is 2.44. The third-order valence-electron chi connectivity index (χ3n) is 5.10. The molecule has 4 rings (SSSR count). The molecular weight excluding hydrogens is 370 g/mol. The van der Waals surface area contributed by atoms with Crippen molar-refractivity contribution in [1.29, 1.82) is 0 Å². The van der Waals surface area contributed by atoms with E-state index in [1.54, 1.807) is 24.1 Å². The number of carboxylic acids is 1. The standard InChI is InChI=1S/C22H21N3O4/c1-25-11-20(23-13-25)19(10-21(26)27)24-22(28)29-12-18-16-8-4-2-6-14(16)15-7-3-5-9-17(15)18/h2-9,11,13,18-19H,10,12H2,1H3,(H,24,28)(H,26,27). The van der Waals surface area contributed by atoms with Gasteiger partial charge >= 0.3 is 12.1 Å². The largest absolute Gasteiger partial charge is 0.481 e. The third-order valence-corrected chi connectivity index (χ3v) is 5.10. The van der Waals surface area contributed by atoms with Crippen LogP contribution in [0.2, 0.25) is 0 Å². The number of nitrogens with zero attached hydrogens (tertiary/aromatic N) is 2. The quantitative estimate of drug-likeness (QED) is 0.671. The van der Waals surface area contributed by atoms with Crippen LogP contribution < -0.4 is 5.32 Å². The Balaban J connectivity index is 1.47. The summed E-state index contributed by atoms with van der Waals surface area (Å²) < 4.78 is 7.20.